The van der Waals surface area contributed by atoms with Crippen LogP contribution in [0.3, 0.4) is 0 Å². The van der Waals surface area contributed by atoms with Gasteiger partial charge in [0.05, 0.1) is 23.9 Å². The molecule has 2 aromatic heterocycles. The van der Waals surface area contributed by atoms with E-state index in [-0.39, 0.29) is 17.4 Å². The highest BCUT2D eigenvalue weighted by molar-refractivity contribution is 6.04. The lowest BCUT2D eigenvalue weighted by molar-refractivity contribution is -0.124. The molecule has 9 nitrogen and oxygen atoms in total. The number of amides is 2. The van der Waals surface area contributed by atoms with Crippen molar-refractivity contribution < 1.29 is 14.3 Å². The van der Waals surface area contributed by atoms with E-state index in [1.54, 1.807) is 7.11 Å². The minimum Gasteiger partial charge on any atom is -0.383 e. The van der Waals surface area contributed by atoms with Gasteiger partial charge in [-0.2, -0.15) is 0 Å². The monoisotopic (exact) mass is 361 g/mol. The summed E-state index contributed by atoms with van der Waals surface area (Å²) in [4.78, 5) is 44.8. The van der Waals surface area contributed by atoms with Gasteiger partial charge in [-0.15, -0.1) is 0 Å². The number of methoxy groups -OCH3 is 1. The normalized spacial score (nSPS) is 13.2. The second-order valence-corrected chi connectivity index (χ2v) is 5.66. The fraction of sp³-hybridized carbons (Fsp3) is 0.412. The Labute approximate surface area is 150 Å². The predicted octanol–water partition coefficient (Wildman–Crippen LogP) is 0.422. The molecule has 1 aliphatic rings. The van der Waals surface area contributed by atoms with Crippen molar-refractivity contribution in [2.75, 3.05) is 33.4 Å². The van der Waals surface area contributed by atoms with Crippen molar-refractivity contribution in [3.05, 3.63) is 41.0 Å². The van der Waals surface area contributed by atoms with Crippen LogP contribution >= 0.6 is 0 Å². The summed E-state index contributed by atoms with van der Waals surface area (Å²) in [7, 11) is 1.55. The van der Waals surface area contributed by atoms with Gasteiger partial charge in [0.15, 0.2) is 5.65 Å². The van der Waals surface area contributed by atoms with Gasteiger partial charge in [0, 0.05) is 32.9 Å². The standard InChI is InChI=1S/C10H12N4O3.C7H11NO/c1-17-3-2-11-10(16)6-4-12-9-8(6)14-7(15)5-13-9;1-2-7(9)8-5-3-4-6-8/h4-5H,2-3H2,1H3,(H,11,16)(H,12,13)(H,14,15);2H,1,3-6H2. The fourth-order valence-electron chi connectivity index (χ4n) is 2.53. The molecule has 2 aromatic rings. The molecule has 140 valence electrons. The molecule has 2 amide bonds. The lowest BCUT2D eigenvalue weighted by atomic mass is 10.3. The number of aromatic nitrogens is 3. The maximum atomic E-state index is 11.8. The molecule has 3 rings (SSSR count). The Morgan fingerprint density at radius 3 is 2.81 bits per heavy atom. The number of carbonyl (C=O) groups excluding carboxylic acids is 2. The van der Waals surface area contributed by atoms with Gasteiger partial charge < -0.3 is 24.9 Å². The Morgan fingerprint density at radius 2 is 2.15 bits per heavy atom. The molecule has 0 bridgehead atoms. The number of fused-ring (bicyclic) bond motifs is 1. The molecule has 0 aromatic carbocycles. The molecule has 3 heterocycles. The molecular formula is C17H23N5O4. The van der Waals surface area contributed by atoms with Gasteiger partial charge in [-0.1, -0.05) is 6.58 Å². The van der Waals surface area contributed by atoms with E-state index in [1.165, 1.54) is 12.3 Å². The Morgan fingerprint density at radius 1 is 1.42 bits per heavy atom. The van der Waals surface area contributed by atoms with Crippen molar-refractivity contribution in [2.24, 2.45) is 0 Å². The summed E-state index contributed by atoms with van der Waals surface area (Å²) in [6, 6.07) is 0. The number of rotatable bonds is 5. The molecule has 3 N–H and O–H groups in total. The van der Waals surface area contributed by atoms with Crippen LogP contribution in [0.4, 0.5) is 0 Å². The molecule has 1 aliphatic heterocycles. The predicted molar refractivity (Wildman–Crippen MR) is 96.9 cm³/mol. The van der Waals surface area contributed by atoms with Gasteiger partial charge in [-0.25, -0.2) is 4.98 Å². The minimum absolute atomic E-state index is 0.0764. The van der Waals surface area contributed by atoms with Gasteiger partial charge >= 0.3 is 0 Å². The smallest absolute Gasteiger partial charge is 0.267 e. The molecule has 0 radical (unpaired) electrons. The van der Waals surface area contributed by atoms with Crippen LogP contribution in [0.15, 0.2) is 29.8 Å². The van der Waals surface area contributed by atoms with E-state index in [2.05, 4.69) is 26.8 Å². The van der Waals surface area contributed by atoms with Crippen LogP contribution in [0.1, 0.15) is 23.2 Å². The van der Waals surface area contributed by atoms with Crippen LogP contribution in [0.5, 0.6) is 0 Å². The third kappa shape index (κ3) is 5.03. The number of aromatic amines is 2. The Balaban J connectivity index is 0.000000228. The van der Waals surface area contributed by atoms with Crippen molar-refractivity contribution in [3.63, 3.8) is 0 Å². The van der Waals surface area contributed by atoms with E-state index in [0.717, 1.165) is 32.1 Å². The molecule has 0 saturated carbocycles. The van der Waals surface area contributed by atoms with Crippen LogP contribution in [-0.2, 0) is 9.53 Å². The first-order valence-electron chi connectivity index (χ1n) is 8.31. The van der Waals surface area contributed by atoms with Crippen LogP contribution in [-0.4, -0.2) is 65.0 Å². The molecule has 0 aliphatic carbocycles. The Hall–Kier alpha value is -2.94. The number of likely N-dealkylation sites (tertiary alicyclic amines) is 1. The zero-order valence-corrected chi connectivity index (χ0v) is 14.7. The molecule has 1 fully saturated rings. The summed E-state index contributed by atoms with van der Waals surface area (Å²) in [5, 5.41) is 2.66. The van der Waals surface area contributed by atoms with E-state index >= 15 is 0 Å². The highest BCUT2D eigenvalue weighted by Gasteiger charge is 2.14. The summed E-state index contributed by atoms with van der Waals surface area (Å²) in [6.07, 6.45) is 6.35. The number of nitrogens with zero attached hydrogens (tertiary/aromatic N) is 2. The van der Waals surface area contributed by atoms with Crippen molar-refractivity contribution in [1.29, 1.82) is 0 Å². The summed E-state index contributed by atoms with van der Waals surface area (Å²) in [5.74, 6) is -0.204. The van der Waals surface area contributed by atoms with E-state index in [9.17, 15) is 14.4 Å². The third-order valence-electron chi connectivity index (χ3n) is 3.85. The third-order valence-corrected chi connectivity index (χ3v) is 3.85. The molecule has 0 atom stereocenters. The molecule has 1 saturated heterocycles. The summed E-state index contributed by atoms with van der Waals surface area (Å²) in [5.41, 5.74) is 0.901. The van der Waals surface area contributed by atoms with Crippen molar-refractivity contribution in [3.8, 4) is 0 Å². The van der Waals surface area contributed by atoms with Gasteiger partial charge in [-0.05, 0) is 18.9 Å². The second-order valence-electron chi connectivity index (χ2n) is 5.66. The maximum absolute atomic E-state index is 11.8. The molecular weight excluding hydrogens is 338 g/mol. The Bertz CT molecular complexity index is 820. The number of ether oxygens (including phenoxy) is 1. The van der Waals surface area contributed by atoms with Crippen LogP contribution < -0.4 is 10.9 Å². The fourth-order valence-corrected chi connectivity index (χ4v) is 2.53. The lowest BCUT2D eigenvalue weighted by Gasteiger charge is -2.10. The zero-order valence-electron chi connectivity index (χ0n) is 14.7. The van der Waals surface area contributed by atoms with E-state index in [0.29, 0.717) is 29.9 Å². The van der Waals surface area contributed by atoms with Crippen LogP contribution in [0.2, 0.25) is 0 Å². The minimum atomic E-state index is -0.344. The molecule has 0 spiro atoms. The highest BCUT2D eigenvalue weighted by Crippen LogP contribution is 2.11. The molecule has 0 unspecified atom stereocenters. The van der Waals surface area contributed by atoms with Gasteiger partial charge in [0.1, 0.15) is 0 Å². The van der Waals surface area contributed by atoms with Crippen LogP contribution in [0.25, 0.3) is 11.2 Å². The maximum Gasteiger partial charge on any atom is 0.267 e. The zero-order chi connectivity index (χ0) is 18.9. The number of H-pyrrole nitrogens is 2. The van der Waals surface area contributed by atoms with Gasteiger partial charge in [-0.3, -0.25) is 14.4 Å². The summed E-state index contributed by atoms with van der Waals surface area (Å²) >= 11 is 0. The van der Waals surface area contributed by atoms with E-state index < -0.39 is 0 Å². The first-order valence-corrected chi connectivity index (χ1v) is 8.31. The number of carbonyl (C=O) groups is 2. The average Bonchev–Trinajstić information content (AvgIpc) is 3.31. The number of nitrogens with one attached hydrogen (secondary N) is 3. The van der Waals surface area contributed by atoms with Crippen molar-refractivity contribution >= 4 is 23.0 Å². The Kier molecular flexibility index (Phi) is 7.10. The molecule has 9 heteroatoms. The summed E-state index contributed by atoms with van der Waals surface area (Å²) in [6.45, 7) is 6.10. The van der Waals surface area contributed by atoms with Crippen molar-refractivity contribution in [2.45, 2.75) is 12.8 Å². The number of hydrogen-bond donors (Lipinski definition) is 3. The largest absolute Gasteiger partial charge is 0.383 e. The quantitative estimate of drug-likeness (QED) is 0.527. The first kappa shape index (κ1) is 19.4. The summed E-state index contributed by atoms with van der Waals surface area (Å²) < 4.78 is 4.82. The van der Waals surface area contributed by atoms with Gasteiger partial charge in [0.25, 0.3) is 11.5 Å². The highest BCUT2D eigenvalue weighted by atomic mass is 16.5. The average molecular weight is 361 g/mol. The SMILES string of the molecule is C=CC(=O)N1CCCC1.COCCNC(=O)c1c[nH]c2ncc(=O)[nH]c12. The lowest BCUT2D eigenvalue weighted by Crippen LogP contribution is -2.27. The molecule has 26 heavy (non-hydrogen) atoms. The van der Waals surface area contributed by atoms with E-state index in [1.807, 2.05) is 4.90 Å². The van der Waals surface area contributed by atoms with Crippen molar-refractivity contribution in [1.82, 2.24) is 25.2 Å². The van der Waals surface area contributed by atoms with Gasteiger partial charge in [0.2, 0.25) is 5.91 Å². The number of hydrogen-bond acceptors (Lipinski definition) is 5. The second kappa shape index (κ2) is 9.52. The van der Waals surface area contributed by atoms with Crippen LogP contribution in [0, 0.1) is 0 Å². The van der Waals surface area contributed by atoms with E-state index in [4.69, 9.17) is 4.74 Å². The first-order chi connectivity index (χ1) is 12.6. The topological polar surface area (TPSA) is 120 Å².